The summed E-state index contributed by atoms with van der Waals surface area (Å²) in [4.78, 5) is 54.7. The van der Waals surface area contributed by atoms with Gasteiger partial charge < -0.3 is 22.9 Å². The highest BCUT2D eigenvalue weighted by molar-refractivity contribution is 7.98. The molecule has 9 aromatic carbocycles. The van der Waals surface area contributed by atoms with Crippen LogP contribution < -0.4 is 28.1 Å². The van der Waals surface area contributed by atoms with Gasteiger partial charge >= 0.3 is 0 Å². The SMILES string of the molecule is C=C(N)c1cccc(-c2ccc(N)nc2C(CC(=O)CC2=CCc3ccc(F)cc32)Cc2cc(F)cc(F)c2)c1.C=S(N)(=O)c1cccc(-c2ccc(N)nc2C(CC(=O)CC2=CCc3ccc(F)cc32)Cc2cc(F)cc(F)c2)c1.CCc1cccc(-c2ccc(N)nc2C(CC(=O)CC2=CCc3ccc(F)cc32)Cc2cc(F)cc(F)c2)c1. The highest BCUT2D eigenvalue weighted by Crippen LogP contribution is 2.42. The third-order valence-corrected chi connectivity index (χ3v) is 22.5. The Labute approximate surface area is 690 Å². The summed E-state index contributed by atoms with van der Waals surface area (Å²) in [6.45, 7) is 5.88. The zero-order chi connectivity index (χ0) is 85.2. The number of nitrogens with zero attached hydrogens (tertiary/aromatic N) is 3. The van der Waals surface area contributed by atoms with Gasteiger partial charge in [-0.3, -0.25) is 19.5 Å². The minimum absolute atomic E-state index is 0.0216. The van der Waals surface area contributed by atoms with Gasteiger partial charge in [0.05, 0.1) is 26.8 Å². The van der Waals surface area contributed by atoms with Crippen molar-refractivity contribution < 1.29 is 58.1 Å². The minimum Gasteiger partial charge on any atom is -0.399 e. The number of rotatable bonds is 27. The molecule has 0 bridgehead atoms. The quantitative estimate of drug-likeness (QED) is 0.0240. The average molecular weight is 1640 g/mol. The summed E-state index contributed by atoms with van der Waals surface area (Å²) in [5, 5.41) is 5.78. The molecular formula is C98H85F9N8O4S. The topological polar surface area (TPSA) is 237 Å². The second-order valence-electron chi connectivity index (χ2n) is 30.4. The summed E-state index contributed by atoms with van der Waals surface area (Å²) in [5.74, 6) is -3.01. The van der Waals surface area contributed by atoms with E-state index in [0.717, 1.165) is 103 Å². The van der Waals surface area contributed by atoms with Crippen molar-refractivity contribution in [1.29, 1.82) is 0 Å². The number of Topliss-reactive ketones (excluding diaryl/α,β-unsaturated/α-hetero) is 3. The van der Waals surface area contributed by atoms with Crippen LogP contribution >= 0.6 is 0 Å². The Hall–Kier alpha value is -13.1. The number of allylic oxidation sites excluding steroid dienone is 6. The van der Waals surface area contributed by atoms with E-state index in [0.29, 0.717) is 86.1 Å². The molecule has 22 heteroatoms. The van der Waals surface area contributed by atoms with E-state index in [1.54, 1.807) is 66.7 Å². The molecular weight excluding hydrogens is 1560 g/mol. The molecule has 12 nitrogen and oxygen atoms in total. The smallest absolute Gasteiger partial charge is 0.137 e. The summed E-state index contributed by atoms with van der Waals surface area (Å²) in [7, 11) is -3.01. The van der Waals surface area contributed by atoms with Crippen LogP contribution in [0.15, 0.2) is 248 Å². The predicted molar refractivity (Wildman–Crippen MR) is 458 cm³/mol. The van der Waals surface area contributed by atoms with Gasteiger partial charge in [-0.15, -0.1) is 0 Å². The maximum Gasteiger partial charge on any atom is 0.137 e. The van der Waals surface area contributed by atoms with E-state index in [-0.39, 0.29) is 104 Å². The Bertz CT molecular complexity index is 6160. The van der Waals surface area contributed by atoms with E-state index in [4.69, 9.17) is 28.1 Å². The summed E-state index contributed by atoms with van der Waals surface area (Å²) >= 11 is 0. The van der Waals surface area contributed by atoms with Crippen LogP contribution in [0.2, 0.25) is 0 Å². The van der Waals surface area contributed by atoms with Gasteiger partial charge in [-0.25, -0.2) is 58.7 Å². The largest absolute Gasteiger partial charge is 0.399 e. The number of halogens is 9. The Morgan fingerprint density at radius 3 is 1.04 bits per heavy atom. The first-order valence-electron chi connectivity index (χ1n) is 38.9. The predicted octanol–water partition coefficient (Wildman–Crippen LogP) is 20.6. The molecule has 0 saturated heterocycles. The van der Waals surface area contributed by atoms with Crippen LogP contribution in [0.4, 0.5) is 57.0 Å². The number of anilines is 3. The zero-order valence-electron chi connectivity index (χ0n) is 65.5. The lowest BCUT2D eigenvalue weighted by Crippen LogP contribution is -2.15. The number of pyridine rings is 3. The van der Waals surface area contributed by atoms with E-state index in [9.17, 15) is 58.1 Å². The molecule has 0 amide bonds. The first-order chi connectivity index (χ1) is 57.4. The Balaban J connectivity index is 0.000000156. The number of hydrogen-bond acceptors (Lipinski definition) is 11. The monoisotopic (exact) mass is 1640 g/mol. The van der Waals surface area contributed by atoms with Crippen LogP contribution in [0.3, 0.4) is 0 Å². The highest BCUT2D eigenvalue weighted by Gasteiger charge is 2.31. The van der Waals surface area contributed by atoms with Crippen molar-refractivity contribution in [3.05, 3.63) is 374 Å². The van der Waals surface area contributed by atoms with E-state index in [1.807, 2.05) is 72.8 Å². The van der Waals surface area contributed by atoms with Gasteiger partial charge in [0, 0.05) is 102 Å². The molecule has 4 unspecified atom stereocenters. The number of ketones is 3. The van der Waals surface area contributed by atoms with E-state index >= 15 is 0 Å². The minimum atomic E-state index is -3.01. The molecule has 15 rings (SSSR count). The lowest BCUT2D eigenvalue weighted by molar-refractivity contribution is -0.119. The molecule has 0 aliphatic heterocycles. The number of aromatic nitrogens is 3. The van der Waals surface area contributed by atoms with Crippen LogP contribution in [0, 0.1) is 52.4 Å². The van der Waals surface area contributed by atoms with Crippen LogP contribution in [0.25, 0.3) is 55.8 Å². The molecule has 610 valence electrons. The van der Waals surface area contributed by atoms with Crippen LogP contribution in [-0.2, 0) is 69.0 Å². The summed E-state index contributed by atoms with van der Waals surface area (Å²) in [6.07, 6.45) is 9.39. The number of aryl methyl sites for hydroxylation is 1. The average Bonchev–Trinajstić information content (AvgIpc) is 1.21. The number of carbonyl (C=O) groups is 3. The maximum absolute atomic E-state index is 14.1. The highest BCUT2D eigenvalue weighted by atomic mass is 32.2. The molecule has 4 atom stereocenters. The van der Waals surface area contributed by atoms with Gasteiger partial charge in [0.2, 0.25) is 0 Å². The van der Waals surface area contributed by atoms with Crippen molar-refractivity contribution >= 4 is 72.8 Å². The molecule has 12 aromatic rings. The van der Waals surface area contributed by atoms with Gasteiger partial charge in [0.15, 0.2) is 0 Å². The summed E-state index contributed by atoms with van der Waals surface area (Å²) in [6, 6.07) is 56.3. The lowest BCUT2D eigenvalue weighted by atomic mass is 9.85. The summed E-state index contributed by atoms with van der Waals surface area (Å²) < 4.78 is 139. The van der Waals surface area contributed by atoms with Crippen molar-refractivity contribution in [2.75, 3.05) is 17.2 Å². The van der Waals surface area contributed by atoms with Gasteiger partial charge in [0.25, 0.3) is 0 Å². The zero-order valence-corrected chi connectivity index (χ0v) is 66.3. The van der Waals surface area contributed by atoms with Crippen molar-refractivity contribution in [3.8, 4) is 33.4 Å². The van der Waals surface area contributed by atoms with Gasteiger partial charge in [-0.1, -0.05) is 105 Å². The van der Waals surface area contributed by atoms with Gasteiger partial charge in [0.1, 0.15) is 87.2 Å². The molecule has 3 aliphatic carbocycles. The number of hydrogen-bond donors (Lipinski definition) is 5. The van der Waals surface area contributed by atoms with Crippen molar-refractivity contribution in [2.24, 2.45) is 10.9 Å². The third-order valence-electron chi connectivity index (χ3n) is 21.5. The Morgan fingerprint density at radius 2 is 0.708 bits per heavy atom. The second kappa shape index (κ2) is 37.3. The first kappa shape index (κ1) is 84.9. The fourth-order valence-corrected chi connectivity index (χ4v) is 16.6. The van der Waals surface area contributed by atoms with Crippen LogP contribution in [-0.4, -0.2) is 42.4 Å². The number of nitrogen functional groups attached to an aromatic ring is 3. The first-order valence-corrected chi connectivity index (χ1v) is 40.7. The Morgan fingerprint density at radius 1 is 0.383 bits per heavy atom. The standard InChI is InChI=1S/C33H28F3N3O.C33H29F3N2O.C32H28F3N3O2S/c1-19(37)22-3-2-4-23(14-22)30-9-10-32(38)39-33(30)25(11-20-12-27(35)17-28(36)13-20)16-29(40)15-24-6-5-21-7-8-26(34)18-31(21)24;1-2-20-4-3-5-23(12-20)30-10-11-32(37)38-33(30)25(13-21-14-27(35)18-28(36)15-21)17-29(39)16-24-7-6-22-8-9-26(34)19-31(22)24;1-41(37,40)28-4-2-3-21(16-28)29-9-10-31(36)38-32(29)23(11-19-12-25(34)17-26(35)13-19)15-27(39)14-22-6-5-20-7-8-24(33)18-30(20)22/h2-4,6-10,12-14,17-18,25H,1,5,11,15-16,37H2,(H2,38,39);3-5,7-12,14-15,18-19,25H,2,6,13,16-17H2,1H3,(H2,37,38);2-4,6-10,12-13,16-18,23H,1,5,11,14-15H2,(H2,36,38)(H2,37,40). The third kappa shape index (κ3) is 21.4. The van der Waals surface area contributed by atoms with Crippen molar-refractivity contribution in [2.45, 2.75) is 113 Å². The normalized spacial score (nSPS) is 13.6. The van der Waals surface area contributed by atoms with Crippen LogP contribution in [0.5, 0.6) is 0 Å². The molecule has 0 saturated carbocycles. The maximum atomic E-state index is 14.1. The molecule has 10 N–H and O–H groups in total. The fourth-order valence-electron chi connectivity index (χ4n) is 16.0. The number of fused-ring (bicyclic) bond motifs is 3. The second-order valence-corrected chi connectivity index (χ2v) is 32.3. The number of benzene rings is 9. The number of nitrogens with two attached hydrogens (primary N) is 5. The van der Waals surface area contributed by atoms with E-state index in [1.165, 1.54) is 72.8 Å². The fraction of sp³-hybridized carbons (Fsp3) is 0.173. The Kier molecular flexibility index (Phi) is 26.4. The number of carbonyl (C=O) groups excluding carboxylic acids is 3. The summed E-state index contributed by atoms with van der Waals surface area (Å²) in [5.41, 5.74) is 41.1. The van der Waals surface area contributed by atoms with Crippen molar-refractivity contribution in [1.82, 2.24) is 15.0 Å². The molecule has 3 aromatic heterocycles. The van der Waals surface area contributed by atoms with E-state index < -0.39 is 62.4 Å². The molecule has 3 heterocycles. The molecule has 0 spiro atoms. The molecule has 0 fully saturated rings. The molecule has 3 aliphatic rings. The van der Waals surface area contributed by atoms with Gasteiger partial charge in [-0.2, -0.15) is 0 Å². The molecule has 0 radical (unpaired) electrons. The van der Waals surface area contributed by atoms with Gasteiger partial charge in [-0.05, 0) is 273 Å². The van der Waals surface area contributed by atoms with E-state index in [2.05, 4.69) is 40.4 Å². The molecule has 120 heavy (non-hydrogen) atoms. The lowest BCUT2D eigenvalue weighted by Gasteiger charge is -2.21. The van der Waals surface area contributed by atoms with Crippen molar-refractivity contribution in [3.63, 3.8) is 0 Å². The van der Waals surface area contributed by atoms with Crippen LogP contribution in [0.1, 0.15) is 141 Å².